The van der Waals surface area contributed by atoms with Crippen LogP contribution in [0, 0.1) is 6.92 Å². The van der Waals surface area contributed by atoms with Gasteiger partial charge in [0.15, 0.2) is 0 Å². The Hall–Kier alpha value is -1.02. The highest BCUT2D eigenvalue weighted by Crippen LogP contribution is 2.26. The van der Waals surface area contributed by atoms with Crippen LogP contribution in [0.1, 0.15) is 18.5 Å². The van der Waals surface area contributed by atoms with Gasteiger partial charge in [0.1, 0.15) is 0 Å². The largest absolute Gasteiger partial charge is 0.380 e. The molecule has 0 amide bonds. The minimum atomic E-state index is 0.495. The van der Waals surface area contributed by atoms with Crippen LogP contribution in [0.4, 0.5) is 5.69 Å². The number of nitrogens with one attached hydrogen (secondary N) is 1. The van der Waals surface area contributed by atoms with E-state index in [0.29, 0.717) is 6.04 Å². The number of pyridine rings is 1. The molecule has 0 radical (unpaired) electrons. The van der Waals surface area contributed by atoms with E-state index in [4.69, 9.17) is 11.6 Å². The Kier molecular flexibility index (Phi) is 2.73. The molecule has 0 spiro atoms. The zero-order valence-corrected chi connectivity index (χ0v) is 8.88. The first-order valence-corrected chi connectivity index (χ1v) is 5.18. The SMILES string of the molecule is Cc1nccc(NC2CC=CC2)c1Cl. The van der Waals surface area contributed by atoms with Crippen molar-refractivity contribution in [3.63, 3.8) is 0 Å². The van der Waals surface area contributed by atoms with Gasteiger partial charge in [0.05, 0.1) is 16.4 Å². The molecule has 0 unspecified atom stereocenters. The van der Waals surface area contributed by atoms with Gasteiger partial charge in [-0.05, 0) is 25.8 Å². The lowest BCUT2D eigenvalue weighted by Gasteiger charge is -2.15. The van der Waals surface area contributed by atoms with Crippen molar-refractivity contribution >= 4 is 17.3 Å². The van der Waals surface area contributed by atoms with E-state index in [0.717, 1.165) is 29.2 Å². The normalized spacial score (nSPS) is 16.1. The van der Waals surface area contributed by atoms with Crippen LogP contribution in [0.3, 0.4) is 0 Å². The van der Waals surface area contributed by atoms with E-state index in [2.05, 4.69) is 22.5 Å². The summed E-state index contributed by atoms with van der Waals surface area (Å²) in [5, 5.41) is 4.15. The van der Waals surface area contributed by atoms with Gasteiger partial charge in [-0.1, -0.05) is 23.8 Å². The van der Waals surface area contributed by atoms with E-state index in [1.807, 2.05) is 13.0 Å². The maximum Gasteiger partial charge on any atom is 0.0849 e. The Morgan fingerprint density at radius 2 is 2.14 bits per heavy atom. The van der Waals surface area contributed by atoms with E-state index in [1.54, 1.807) is 6.20 Å². The van der Waals surface area contributed by atoms with Crippen molar-refractivity contribution in [3.8, 4) is 0 Å². The molecule has 1 heterocycles. The topological polar surface area (TPSA) is 24.9 Å². The third kappa shape index (κ3) is 1.90. The predicted molar refractivity (Wildman–Crippen MR) is 59.8 cm³/mol. The standard InChI is InChI=1S/C11H13ClN2/c1-8-11(12)10(6-7-13-8)14-9-4-2-3-5-9/h2-3,6-7,9H,4-5H2,1H3,(H,13,14). The van der Waals surface area contributed by atoms with E-state index >= 15 is 0 Å². The van der Waals surface area contributed by atoms with Crippen molar-refractivity contribution in [2.75, 3.05) is 5.32 Å². The van der Waals surface area contributed by atoms with E-state index in [1.165, 1.54) is 0 Å². The Labute approximate surface area is 89.0 Å². The first-order chi connectivity index (χ1) is 6.77. The molecule has 0 bridgehead atoms. The lowest BCUT2D eigenvalue weighted by Crippen LogP contribution is -2.15. The molecule has 0 saturated carbocycles. The van der Waals surface area contributed by atoms with Gasteiger partial charge in [-0.15, -0.1) is 0 Å². The summed E-state index contributed by atoms with van der Waals surface area (Å²) in [6.07, 6.45) is 8.33. The fourth-order valence-electron chi connectivity index (χ4n) is 1.61. The quantitative estimate of drug-likeness (QED) is 0.756. The molecule has 2 nitrogen and oxygen atoms in total. The number of rotatable bonds is 2. The molecule has 1 aromatic rings. The number of halogens is 1. The summed E-state index contributed by atoms with van der Waals surface area (Å²) in [5.41, 5.74) is 1.87. The predicted octanol–water partition coefficient (Wildman–Crippen LogP) is 3.17. The molecule has 3 heteroatoms. The van der Waals surface area contributed by atoms with Gasteiger partial charge in [-0.25, -0.2) is 0 Å². The Bertz CT molecular complexity index is 352. The van der Waals surface area contributed by atoms with Crippen molar-refractivity contribution in [2.45, 2.75) is 25.8 Å². The monoisotopic (exact) mass is 208 g/mol. The minimum absolute atomic E-state index is 0.495. The maximum atomic E-state index is 6.13. The summed E-state index contributed by atoms with van der Waals surface area (Å²) in [4.78, 5) is 4.13. The summed E-state index contributed by atoms with van der Waals surface area (Å²) in [5.74, 6) is 0. The van der Waals surface area contributed by atoms with Crippen molar-refractivity contribution in [1.29, 1.82) is 0 Å². The number of hydrogen-bond acceptors (Lipinski definition) is 2. The molecule has 0 atom stereocenters. The highest BCUT2D eigenvalue weighted by Gasteiger charge is 2.12. The lowest BCUT2D eigenvalue weighted by molar-refractivity contribution is 0.786. The van der Waals surface area contributed by atoms with Gasteiger partial charge < -0.3 is 5.32 Å². The Morgan fingerprint density at radius 1 is 1.43 bits per heavy atom. The van der Waals surface area contributed by atoms with Crippen LogP contribution in [-0.4, -0.2) is 11.0 Å². The fourth-order valence-corrected chi connectivity index (χ4v) is 1.78. The second kappa shape index (κ2) is 4.01. The van der Waals surface area contributed by atoms with Crippen LogP contribution in [0.25, 0.3) is 0 Å². The zero-order valence-electron chi connectivity index (χ0n) is 8.13. The van der Waals surface area contributed by atoms with Crippen molar-refractivity contribution < 1.29 is 0 Å². The summed E-state index contributed by atoms with van der Waals surface area (Å²) in [6, 6.07) is 2.42. The number of anilines is 1. The lowest BCUT2D eigenvalue weighted by atomic mass is 10.2. The number of aryl methyl sites for hydroxylation is 1. The number of nitrogens with zero attached hydrogens (tertiary/aromatic N) is 1. The summed E-state index contributed by atoms with van der Waals surface area (Å²) < 4.78 is 0. The van der Waals surface area contributed by atoms with Gasteiger partial charge in [0, 0.05) is 12.2 Å². The molecule has 0 aliphatic heterocycles. The molecule has 1 aromatic heterocycles. The first-order valence-electron chi connectivity index (χ1n) is 4.80. The molecule has 74 valence electrons. The average molecular weight is 209 g/mol. The van der Waals surface area contributed by atoms with Crippen LogP contribution >= 0.6 is 11.6 Å². The molecule has 2 rings (SSSR count). The summed E-state index contributed by atoms with van der Waals surface area (Å²) in [6.45, 7) is 1.92. The molecule has 0 fully saturated rings. The van der Waals surface area contributed by atoms with Gasteiger partial charge in [0.25, 0.3) is 0 Å². The van der Waals surface area contributed by atoms with Crippen LogP contribution < -0.4 is 5.32 Å². The van der Waals surface area contributed by atoms with Crippen LogP contribution in [0.2, 0.25) is 5.02 Å². The van der Waals surface area contributed by atoms with Gasteiger partial charge in [0.2, 0.25) is 0 Å². The van der Waals surface area contributed by atoms with E-state index in [-0.39, 0.29) is 0 Å². The highest BCUT2D eigenvalue weighted by molar-refractivity contribution is 6.33. The number of hydrogen-bond donors (Lipinski definition) is 1. The Morgan fingerprint density at radius 3 is 2.86 bits per heavy atom. The second-order valence-electron chi connectivity index (χ2n) is 3.54. The molecule has 1 N–H and O–H groups in total. The van der Waals surface area contributed by atoms with Crippen molar-refractivity contribution in [1.82, 2.24) is 4.98 Å². The van der Waals surface area contributed by atoms with Crippen LogP contribution in [0.5, 0.6) is 0 Å². The smallest absolute Gasteiger partial charge is 0.0849 e. The third-order valence-corrected chi connectivity index (χ3v) is 2.91. The zero-order chi connectivity index (χ0) is 9.97. The number of aromatic nitrogens is 1. The third-order valence-electron chi connectivity index (χ3n) is 2.43. The minimum Gasteiger partial charge on any atom is -0.380 e. The molecule has 1 aliphatic rings. The second-order valence-corrected chi connectivity index (χ2v) is 3.92. The summed E-state index contributed by atoms with van der Waals surface area (Å²) in [7, 11) is 0. The molecule has 14 heavy (non-hydrogen) atoms. The Balaban J connectivity index is 2.12. The first kappa shape index (κ1) is 9.53. The van der Waals surface area contributed by atoms with E-state index in [9.17, 15) is 0 Å². The molecular formula is C11H13ClN2. The fraction of sp³-hybridized carbons (Fsp3) is 0.364. The van der Waals surface area contributed by atoms with Crippen LogP contribution in [-0.2, 0) is 0 Å². The van der Waals surface area contributed by atoms with Gasteiger partial charge in [-0.3, -0.25) is 4.98 Å². The van der Waals surface area contributed by atoms with Crippen molar-refractivity contribution in [2.24, 2.45) is 0 Å². The molecular weight excluding hydrogens is 196 g/mol. The van der Waals surface area contributed by atoms with Crippen molar-refractivity contribution in [3.05, 3.63) is 35.1 Å². The van der Waals surface area contributed by atoms with E-state index < -0.39 is 0 Å². The van der Waals surface area contributed by atoms with Crippen LogP contribution in [0.15, 0.2) is 24.4 Å². The highest BCUT2D eigenvalue weighted by atomic mass is 35.5. The molecule has 0 saturated heterocycles. The van der Waals surface area contributed by atoms with Gasteiger partial charge >= 0.3 is 0 Å². The average Bonchev–Trinajstić information content (AvgIpc) is 2.66. The summed E-state index contributed by atoms with van der Waals surface area (Å²) >= 11 is 6.13. The molecule has 0 aromatic carbocycles. The molecule has 1 aliphatic carbocycles. The maximum absolute atomic E-state index is 6.13. The van der Waals surface area contributed by atoms with Gasteiger partial charge in [-0.2, -0.15) is 0 Å².